The number of hydrogen-bond donors (Lipinski definition) is 1. The predicted molar refractivity (Wildman–Crippen MR) is 69.6 cm³/mol. The van der Waals surface area contributed by atoms with Crippen LogP contribution >= 0.6 is 0 Å². The molecule has 0 aromatic heterocycles. The van der Waals surface area contributed by atoms with Crippen LogP contribution in [0.4, 0.5) is 0 Å². The largest absolute Gasteiger partial charge is 0.379 e. The Morgan fingerprint density at radius 1 is 1.22 bits per heavy atom. The fraction of sp³-hybridized carbons (Fsp3) is 0.533. The van der Waals surface area contributed by atoms with Crippen molar-refractivity contribution in [1.82, 2.24) is 0 Å². The standard InChI is InChI=1S/C15H19NO2/c16-14-9-18-8-13(14)15(17)12-7-2-1-6-11(12)10-4-3-5-10/h1-2,6-7,10,13-14H,3-5,8-9,16H2. The SMILES string of the molecule is NC1COCC1C(=O)c1ccccc1C1CCC1. The van der Waals surface area contributed by atoms with Crippen LogP contribution in [-0.4, -0.2) is 25.0 Å². The van der Waals surface area contributed by atoms with Crippen molar-refractivity contribution < 1.29 is 9.53 Å². The van der Waals surface area contributed by atoms with E-state index in [-0.39, 0.29) is 17.7 Å². The van der Waals surface area contributed by atoms with Gasteiger partial charge in [0.2, 0.25) is 0 Å². The van der Waals surface area contributed by atoms with Crippen LogP contribution in [0.5, 0.6) is 0 Å². The van der Waals surface area contributed by atoms with E-state index < -0.39 is 0 Å². The molecule has 3 heteroatoms. The summed E-state index contributed by atoms with van der Waals surface area (Å²) in [6.45, 7) is 0.973. The Morgan fingerprint density at radius 3 is 2.61 bits per heavy atom. The quantitative estimate of drug-likeness (QED) is 0.830. The van der Waals surface area contributed by atoms with Crippen molar-refractivity contribution in [3.8, 4) is 0 Å². The van der Waals surface area contributed by atoms with Crippen LogP contribution < -0.4 is 5.73 Å². The minimum Gasteiger partial charge on any atom is -0.379 e. The summed E-state index contributed by atoms with van der Waals surface area (Å²) < 4.78 is 5.31. The fourth-order valence-corrected chi connectivity index (χ4v) is 2.84. The summed E-state index contributed by atoms with van der Waals surface area (Å²) in [5, 5.41) is 0. The molecule has 2 fully saturated rings. The number of ketones is 1. The zero-order valence-corrected chi connectivity index (χ0v) is 10.5. The molecule has 0 radical (unpaired) electrons. The molecule has 3 rings (SSSR count). The van der Waals surface area contributed by atoms with E-state index in [1.54, 1.807) is 0 Å². The van der Waals surface area contributed by atoms with Crippen LogP contribution in [-0.2, 0) is 4.74 Å². The lowest BCUT2D eigenvalue weighted by Crippen LogP contribution is -2.34. The Bertz CT molecular complexity index is 454. The van der Waals surface area contributed by atoms with E-state index in [2.05, 4.69) is 6.07 Å². The second kappa shape index (κ2) is 4.82. The van der Waals surface area contributed by atoms with Crippen LogP contribution in [0.3, 0.4) is 0 Å². The highest BCUT2D eigenvalue weighted by Gasteiger charge is 2.34. The molecule has 1 aromatic rings. The Labute approximate surface area is 107 Å². The number of nitrogens with two attached hydrogens (primary N) is 1. The molecular weight excluding hydrogens is 226 g/mol. The lowest BCUT2D eigenvalue weighted by molar-refractivity contribution is 0.0894. The number of benzene rings is 1. The van der Waals surface area contributed by atoms with Gasteiger partial charge in [-0.05, 0) is 24.3 Å². The van der Waals surface area contributed by atoms with Crippen LogP contribution in [0.15, 0.2) is 24.3 Å². The molecule has 3 nitrogen and oxygen atoms in total. The van der Waals surface area contributed by atoms with Crippen molar-refractivity contribution in [1.29, 1.82) is 0 Å². The molecule has 18 heavy (non-hydrogen) atoms. The molecule has 2 atom stereocenters. The van der Waals surface area contributed by atoms with Crippen molar-refractivity contribution in [2.75, 3.05) is 13.2 Å². The minimum absolute atomic E-state index is 0.146. The van der Waals surface area contributed by atoms with Gasteiger partial charge in [-0.15, -0.1) is 0 Å². The van der Waals surface area contributed by atoms with Crippen molar-refractivity contribution in [3.05, 3.63) is 35.4 Å². The second-order valence-corrected chi connectivity index (χ2v) is 5.39. The summed E-state index contributed by atoms with van der Waals surface area (Å²) in [6, 6.07) is 7.86. The Balaban J connectivity index is 1.88. The van der Waals surface area contributed by atoms with Gasteiger partial charge in [-0.3, -0.25) is 4.79 Å². The molecule has 0 spiro atoms. The molecule has 1 aliphatic carbocycles. The predicted octanol–water partition coefficient (Wildman–Crippen LogP) is 2.11. The van der Waals surface area contributed by atoms with Crippen LogP contribution in [0, 0.1) is 5.92 Å². The lowest BCUT2D eigenvalue weighted by atomic mass is 9.76. The molecule has 1 aliphatic heterocycles. The zero-order chi connectivity index (χ0) is 12.5. The van der Waals surface area contributed by atoms with Crippen LogP contribution in [0.2, 0.25) is 0 Å². The van der Waals surface area contributed by atoms with Gasteiger partial charge in [0, 0.05) is 11.6 Å². The molecule has 1 saturated carbocycles. The van der Waals surface area contributed by atoms with Crippen molar-refractivity contribution in [2.24, 2.45) is 11.7 Å². The normalized spacial score (nSPS) is 28.1. The molecule has 0 amide bonds. The lowest BCUT2D eigenvalue weighted by Gasteiger charge is -2.28. The molecule has 96 valence electrons. The second-order valence-electron chi connectivity index (χ2n) is 5.39. The van der Waals surface area contributed by atoms with Gasteiger partial charge in [-0.25, -0.2) is 0 Å². The van der Waals surface area contributed by atoms with Gasteiger partial charge in [0.25, 0.3) is 0 Å². The van der Waals surface area contributed by atoms with Gasteiger partial charge in [-0.2, -0.15) is 0 Å². The first-order chi connectivity index (χ1) is 8.77. The number of hydrogen-bond acceptors (Lipinski definition) is 3. The smallest absolute Gasteiger partial charge is 0.170 e. The zero-order valence-electron chi connectivity index (χ0n) is 10.5. The molecule has 2 N–H and O–H groups in total. The summed E-state index contributed by atoms with van der Waals surface area (Å²) >= 11 is 0. The van der Waals surface area contributed by atoms with Crippen LogP contribution in [0.1, 0.15) is 41.1 Å². The summed E-state index contributed by atoms with van der Waals surface area (Å²) in [4.78, 5) is 12.6. The fourth-order valence-electron chi connectivity index (χ4n) is 2.84. The van der Waals surface area contributed by atoms with E-state index in [1.807, 2.05) is 18.2 Å². The first-order valence-electron chi connectivity index (χ1n) is 6.74. The topological polar surface area (TPSA) is 52.3 Å². The average Bonchev–Trinajstić information content (AvgIpc) is 2.73. The van der Waals surface area contributed by atoms with Gasteiger partial charge in [0.05, 0.1) is 19.1 Å². The van der Waals surface area contributed by atoms with Gasteiger partial charge in [0.1, 0.15) is 0 Å². The Hall–Kier alpha value is -1.19. The van der Waals surface area contributed by atoms with Gasteiger partial charge < -0.3 is 10.5 Å². The first kappa shape index (κ1) is 11.9. The average molecular weight is 245 g/mol. The molecule has 1 heterocycles. The van der Waals surface area contributed by atoms with Crippen LogP contribution in [0.25, 0.3) is 0 Å². The number of rotatable bonds is 3. The van der Waals surface area contributed by atoms with Gasteiger partial charge >= 0.3 is 0 Å². The van der Waals surface area contributed by atoms with Gasteiger partial charge in [-0.1, -0.05) is 30.7 Å². The Kier molecular flexibility index (Phi) is 3.18. The van der Waals surface area contributed by atoms with E-state index in [9.17, 15) is 4.79 Å². The van der Waals surface area contributed by atoms with Crippen molar-refractivity contribution >= 4 is 5.78 Å². The first-order valence-corrected chi connectivity index (χ1v) is 6.74. The van der Waals surface area contributed by atoms with E-state index >= 15 is 0 Å². The Morgan fingerprint density at radius 2 is 2.00 bits per heavy atom. The van der Waals surface area contributed by atoms with E-state index in [0.717, 1.165) is 5.56 Å². The number of ether oxygens (including phenoxy) is 1. The number of carbonyl (C=O) groups is 1. The maximum absolute atomic E-state index is 12.6. The highest BCUT2D eigenvalue weighted by molar-refractivity contribution is 6.00. The van der Waals surface area contributed by atoms with Crippen molar-refractivity contribution in [2.45, 2.75) is 31.2 Å². The summed E-state index contributed by atoms with van der Waals surface area (Å²) in [5.74, 6) is 0.581. The third-order valence-electron chi connectivity index (χ3n) is 4.23. The summed E-state index contributed by atoms with van der Waals surface area (Å²) in [6.07, 6.45) is 3.69. The molecule has 2 aliphatic rings. The van der Waals surface area contributed by atoms with Crippen molar-refractivity contribution in [3.63, 3.8) is 0 Å². The van der Waals surface area contributed by atoms with E-state index in [0.29, 0.717) is 19.1 Å². The highest BCUT2D eigenvalue weighted by atomic mass is 16.5. The molecule has 1 aromatic carbocycles. The minimum atomic E-state index is -0.161. The third kappa shape index (κ3) is 1.98. The van der Waals surface area contributed by atoms with Gasteiger partial charge in [0.15, 0.2) is 5.78 Å². The molecule has 0 bridgehead atoms. The highest BCUT2D eigenvalue weighted by Crippen LogP contribution is 2.38. The van der Waals surface area contributed by atoms with E-state index in [1.165, 1.54) is 24.8 Å². The number of carbonyl (C=O) groups excluding carboxylic acids is 1. The monoisotopic (exact) mass is 245 g/mol. The maximum Gasteiger partial charge on any atom is 0.170 e. The third-order valence-corrected chi connectivity index (χ3v) is 4.23. The van der Waals surface area contributed by atoms with E-state index in [4.69, 9.17) is 10.5 Å². The molecular formula is C15H19NO2. The molecule has 2 unspecified atom stereocenters. The summed E-state index contributed by atoms with van der Waals surface area (Å²) in [7, 11) is 0. The maximum atomic E-state index is 12.6. The molecule has 1 saturated heterocycles. The summed E-state index contributed by atoms with van der Waals surface area (Å²) in [5.41, 5.74) is 8.03. The number of Topliss-reactive ketones (excluding diaryl/α,β-unsaturated/α-hetero) is 1.